The summed E-state index contributed by atoms with van der Waals surface area (Å²) in [6.45, 7) is 10.4. The van der Waals surface area contributed by atoms with Crippen LogP contribution in [0.4, 0.5) is 0 Å². The standard InChI is InChI=1S/C11H22N4O3S/c1-8(2)6-15-9(7-18-11(3,4)5)13-14-10(15)19(12,16)17/h8H,6-7H2,1-5H3,(H2,12,16,17). The Bertz CT molecular complexity index is 529. The van der Waals surface area contributed by atoms with Crippen molar-refractivity contribution >= 4 is 10.0 Å². The molecule has 0 aliphatic rings. The van der Waals surface area contributed by atoms with Gasteiger partial charge in [0.25, 0.3) is 15.2 Å². The number of ether oxygens (including phenoxy) is 1. The van der Waals surface area contributed by atoms with Crippen LogP contribution in [-0.4, -0.2) is 28.8 Å². The number of sulfonamides is 1. The quantitative estimate of drug-likeness (QED) is 0.868. The van der Waals surface area contributed by atoms with Crippen LogP contribution >= 0.6 is 0 Å². The monoisotopic (exact) mass is 290 g/mol. The fraction of sp³-hybridized carbons (Fsp3) is 0.818. The largest absolute Gasteiger partial charge is 0.368 e. The first-order chi connectivity index (χ1) is 8.50. The predicted molar refractivity (Wildman–Crippen MR) is 70.8 cm³/mol. The number of rotatable bonds is 5. The van der Waals surface area contributed by atoms with Crippen LogP contribution in [0.2, 0.25) is 0 Å². The van der Waals surface area contributed by atoms with Crippen LogP contribution in [0.1, 0.15) is 40.4 Å². The van der Waals surface area contributed by atoms with Gasteiger partial charge in [0.2, 0.25) is 0 Å². The summed E-state index contributed by atoms with van der Waals surface area (Å²) in [5, 5.41) is 12.5. The Labute approximate surface area is 114 Å². The minimum Gasteiger partial charge on any atom is -0.368 e. The average molecular weight is 290 g/mol. The van der Waals surface area contributed by atoms with Crippen molar-refractivity contribution in [2.45, 2.75) is 58.5 Å². The fourth-order valence-corrected chi connectivity index (χ4v) is 2.11. The summed E-state index contributed by atoms with van der Waals surface area (Å²) in [5.74, 6) is 0.706. The molecule has 1 aromatic rings. The molecule has 0 saturated heterocycles. The maximum atomic E-state index is 11.5. The van der Waals surface area contributed by atoms with Gasteiger partial charge in [-0.05, 0) is 26.7 Å². The van der Waals surface area contributed by atoms with Gasteiger partial charge in [0.15, 0.2) is 5.82 Å². The van der Waals surface area contributed by atoms with E-state index in [2.05, 4.69) is 10.2 Å². The van der Waals surface area contributed by atoms with E-state index in [1.165, 1.54) is 4.57 Å². The number of hydrogen-bond acceptors (Lipinski definition) is 5. The summed E-state index contributed by atoms with van der Waals surface area (Å²) in [7, 11) is -3.88. The second-order valence-corrected chi connectivity index (χ2v) is 7.30. The molecule has 1 aromatic heterocycles. The van der Waals surface area contributed by atoms with Crippen LogP contribution in [0.3, 0.4) is 0 Å². The lowest BCUT2D eigenvalue weighted by molar-refractivity contribution is -0.0197. The van der Waals surface area contributed by atoms with Gasteiger partial charge in [-0.3, -0.25) is 4.57 Å². The molecule has 0 atom stereocenters. The second-order valence-electron chi connectivity index (χ2n) is 5.85. The third kappa shape index (κ3) is 4.88. The van der Waals surface area contributed by atoms with Crippen LogP contribution in [0.5, 0.6) is 0 Å². The molecular weight excluding hydrogens is 268 g/mol. The van der Waals surface area contributed by atoms with Crippen molar-refractivity contribution in [3.05, 3.63) is 5.82 Å². The summed E-state index contributed by atoms with van der Waals surface area (Å²) in [4.78, 5) is 0. The molecule has 0 aromatic carbocycles. The highest BCUT2D eigenvalue weighted by atomic mass is 32.2. The van der Waals surface area contributed by atoms with Gasteiger partial charge in [-0.2, -0.15) is 0 Å². The van der Waals surface area contributed by atoms with Crippen LogP contribution in [0, 0.1) is 5.92 Å². The van der Waals surface area contributed by atoms with E-state index < -0.39 is 10.0 Å². The molecule has 1 rings (SSSR count). The third-order valence-corrected chi connectivity index (χ3v) is 3.04. The van der Waals surface area contributed by atoms with E-state index in [9.17, 15) is 8.42 Å². The van der Waals surface area contributed by atoms with Crippen molar-refractivity contribution in [3.63, 3.8) is 0 Å². The van der Waals surface area contributed by atoms with E-state index in [4.69, 9.17) is 9.88 Å². The highest BCUT2D eigenvalue weighted by molar-refractivity contribution is 7.89. The molecule has 19 heavy (non-hydrogen) atoms. The van der Waals surface area contributed by atoms with Crippen molar-refractivity contribution in [2.24, 2.45) is 11.1 Å². The van der Waals surface area contributed by atoms with Crippen molar-refractivity contribution in [2.75, 3.05) is 0 Å². The van der Waals surface area contributed by atoms with Gasteiger partial charge in [0.05, 0.1) is 5.60 Å². The normalized spacial score (nSPS) is 13.2. The van der Waals surface area contributed by atoms with E-state index in [1.54, 1.807) is 0 Å². The Morgan fingerprint density at radius 2 is 1.89 bits per heavy atom. The molecule has 1 heterocycles. The third-order valence-electron chi connectivity index (χ3n) is 2.23. The van der Waals surface area contributed by atoms with E-state index in [0.717, 1.165) is 0 Å². The topological polar surface area (TPSA) is 100 Å². The Morgan fingerprint density at radius 1 is 1.32 bits per heavy atom. The van der Waals surface area contributed by atoms with Gasteiger partial charge in [-0.25, -0.2) is 13.6 Å². The van der Waals surface area contributed by atoms with Gasteiger partial charge < -0.3 is 4.74 Å². The summed E-state index contributed by atoms with van der Waals surface area (Å²) in [5.41, 5.74) is -0.337. The Morgan fingerprint density at radius 3 is 2.32 bits per heavy atom. The summed E-state index contributed by atoms with van der Waals surface area (Å²) in [6.07, 6.45) is 0. The van der Waals surface area contributed by atoms with E-state index in [1.807, 2.05) is 34.6 Å². The van der Waals surface area contributed by atoms with Crippen LogP contribution in [0.15, 0.2) is 5.16 Å². The zero-order chi connectivity index (χ0) is 14.8. The van der Waals surface area contributed by atoms with Gasteiger partial charge in [-0.15, -0.1) is 10.2 Å². The molecule has 0 radical (unpaired) electrons. The molecule has 2 N–H and O–H groups in total. The Hall–Kier alpha value is -0.990. The van der Waals surface area contributed by atoms with E-state index in [-0.39, 0.29) is 23.3 Å². The minimum atomic E-state index is -3.88. The maximum Gasteiger partial charge on any atom is 0.273 e. The smallest absolute Gasteiger partial charge is 0.273 e. The predicted octanol–water partition coefficient (Wildman–Crippen LogP) is 0.897. The lowest BCUT2D eigenvalue weighted by Crippen LogP contribution is -2.23. The second kappa shape index (κ2) is 5.56. The molecule has 110 valence electrons. The zero-order valence-corrected chi connectivity index (χ0v) is 12.9. The number of hydrogen-bond donors (Lipinski definition) is 1. The summed E-state index contributed by atoms with van der Waals surface area (Å²) >= 11 is 0. The molecule has 0 fully saturated rings. The molecule has 0 unspecified atom stereocenters. The Kier molecular flexibility index (Phi) is 4.70. The van der Waals surface area contributed by atoms with Crippen molar-refractivity contribution < 1.29 is 13.2 Å². The minimum absolute atomic E-state index is 0.193. The van der Waals surface area contributed by atoms with Crippen molar-refractivity contribution in [3.8, 4) is 0 Å². The molecule has 0 spiro atoms. The first-order valence-corrected chi connectivity index (χ1v) is 7.64. The maximum absolute atomic E-state index is 11.5. The first-order valence-electron chi connectivity index (χ1n) is 6.09. The lowest BCUT2D eigenvalue weighted by Gasteiger charge is -2.19. The molecule has 8 heteroatoms. The number of nitrogens with two attached hydrogens (primary N) is 1. The summed E-state index contributed by atoms with van der Waals surface area (Å²) in [6, 6.07) is 0. The van der Waals surface area contributed by atoms with Crippen molar-refractivity contribution in [1.82, 2.24) is 14.8 Å². The number of nitrogens with zero attached hydrogens (tertiary/aromatic N) is 3. The number of primary sulfonamides is 1. The van der Waals surface area contributed by atoms with E-state index >= 15 is 0 Å². The van der Waals surface area contributed by atoms with Gasteiger partial charge in [-0.1, -0.05) is 13.8 Å². The average Bonchev–Trinajstić information content (AvgIpc) is 2.55. The highest BCUT2D eigenvalue weighted by Crippen LogP contribution is 2.15. The molecular formula is C11H22N4O3S. The van der Waals surface area contributed by atoms with Crippen LogP contribution in [-0.2, 0) is 27.9 Å². The lowest BCUT2D eigenvalue weighted by atomic mass is 10.2. The van der Waals surface area contributed by atoms with E-state index in [0.29, 0.717) is 12.4 Å². The molecule has 0 aliphatic heterocycles. The zero-order valence-electron chi connectivity index (χ0n) is 12.0. The highest BCUT2D eigenvalue weighted by Gasteiger charge is 2.23. The summed E-state index contributed by atoms with van der Waals surface area (Å²) < 4.78 is 30.0. The van der Waals surface area contributed by atoms with Crippen LogP contribution in [0.25, 0.3) is 0 Å². The number of aromatic nitrogens is 3. The molecule has 0 aliphatic carbocycles. The van der Waals surface area contributed by atoms with Crippen molar-refractivity contribution in [1.29, 1.82) is 0 Å². The van der Waals surface area contributed by atoms with Gasteiger partial charge in [0, 0.05) is 6.54 Å². The Balaban J connectivity index is 3.08. The van der Waals surface area contributed by atoms with Gasteiger partial charge in [0.1, 0.15) is 6.61 Å². The molecule has 0 saturated carbocycles. The molecule has 0 amide bonds. The van der Waals surface area contributed by atoms with Crippen LogP contribution < -0.4 is 5.14 Å². The molecule has 7 nitrogen and oxygen atoms in total. The molecule has 0 bridgehead atoms. The fourth-order valence-electron chi connectivity index (χ4n) is 1.47. The first kappa shape index (κ1) is 16.1. The SMILES string of the molecule is CC(C)Cn1c(COC(C)(C)C)nnc1S(N)(=O)=O. The van der Waals surface area contributed by atoms with Gasteiger partial charge >= 0.3 is 0 Å².